The van der Waals surface area contributed by atoms with E-state index in [1.807, 2.05) is 24.3 Å². The Labute approximate surface area is 132 Å². The van der Waals surface area contributed by atoms with Crippen LogP contribution in [0.3, 0.4) is 0 Å². The first-order valence-corrected chi connectivity index (χ1v) is 7.69. The molecule has 2 N–H and O–H groups in total. The Bertz CT molecular complexity index is 689. The summed E-state index contributed by atoms with van der Waals surface area (Å²) in [6, 6.07) is 18.4. The molecule has 0 spiro atoms. The number of hydrogen-bond acceptors (Lipinski definition) is 3. The maximum Gasteiger partial charge on any atom is 0.0991 e. The predicted molar refractivity (Wildman–Crippen MR) is 89.2 cm³/mol. The average molecular weight is 291 g/mol. The van der Waals surface area contributed by atoms with Gasteiger partial charge in [0, 0.05) is 5.54 Å². The maximum absolute atomic E-state index is 9.01. The minimum Gasteiger partial charge on any atom is -0.321 e. The van der Waals surface area contributed by atoms with Crippen LogP contribution in [-0.4, -0.2) is 25.0 Å². The van der Waals surface area contributed by atoms with Crippen molar-refractivity contribution in [1.82, 2.24) is 4.90 Å². The lowest BCUT2D eigenvalue weighted by atomic mass is 9.81. The molecular formula is C19H21N3. The summed E-state index contributed by atoms with van der Waals surface area (Å²) in [7, 11) is 2.14. The fourth-order valence-electron chi connectivity index (χ4n) is 3.07. The second kappa shape index (κ2) is 5.92. The van der Waals surface area contributed by atoms with Crippen molar-refractivity contribution in [3.8, 4) is 17.2 Å². The van der Waals surface area contributed by atoms with Crippen LogP contribution < -0.4 is 5.73 Å². The minimum atomic E-state index is -0.209. The highest BCUT2D eigenvalue weighted by molar-refractivity contribution is 5.65. The molecular weight excluding hydrogens is 270 g/mol. The van der Waals surface area contributed by atoms with Gasteiger partial charge in [0.2, 0.25) is 0 Å². The SMILES string of the molecule is CN1CCC(N)(c2ccc(-c3cccc(C#N)c3)cc2)CC1. The summed E-state index contributed by atoms with van der Waals surface area (Å²) in [5, 5.41) is 9.01. The van der Waals surface area contributed by atoms with E-state index in [-0.39, 0.29) is 5.54 Å². The topological polar surface area (TPSA) is 53.0 Å². The Hall–Kier alpha value is -2.15. The van der Waals surface area contributed by atoms with Crippen molar-refractivity contribution in [2.45, 2.75) is 18.4 Å². The number of hydrogen-bond donors (Lipinski definition) is 1. The van der Waals surface area contributed by atoms with Crippen LogP contribution in [0.2, 0.25) is 0 Å². The van der Waals surface area contributed by atoms with Crippen molar-refractivity contribution >= 4 is 0 Å². The molecule has 3 rings (SSSR count). The van der Waals surface area contributed by atoms with E-state index in [0.29, 0.717) is 5.56 Å². The summed E-state index contributed by atoms with van der Waals surface area (Å²) < 4.78 is 0. The largest absolute Gasteiger partial charge is 0.321 e. The van der Waals surface area contributed by atoms with Crippen LogP contribution in [0.4, 0.5) is 0 Å². The lowest BCUT2D eigenvalue weighted by Crippen LogP contribution is -2.46. The van der Waals surface area contributed by atoms with Crippen molar-refractivity contribution in [1.29, 1.82) is 5.26 Å². The fourth-order valence-corrected chi connectivity index (χ4v) is 3.07. The standard InChI is InChI=1S/C19H21N3/c1-22-11-9-19(21,10-12-22)18-7-5-16(6-8-18)17-4-2-3-15(13-17)14-20/h2-8,13H,9-12,21H2,1H3. The molecule has 3 heteroatoms. The van der Waals surface area contributed by atoms with E-state index in [1.54, 1.807) is 0 Å². The average Bonchev–Trinajstić information content (AvgIpc) is 2.58. The molecule has 0 atom stereocenters. The molecule has 1 heterocycles. The van der Waals surface area contributed by atoms with Crippen LogP contribution in [0.15, 0.2) is 48.5 Å². The summed E-state index contributed by atoms with van der Waals surface area (Å²) >= 11 is 0. The Morgan fingerprint density at radius 2 is 1.73 bits per heavy atom. The van der Waals surface area contributed by atoms with Gasteiger partial charge >= 0.3 is 0 Å². The third-order valence-corrected chi connectivity index (χ3v) is 4.66. The van der Waals surface area contributed by atoms with Gasteiger partial charge in [-0.2, -0.15) is 5.26 Å². The molecule has 0 radical (unpaired) electrons. The highest BCUT2D eigenvalue weighted by atomic mass is 15.1. The molecule has 112 valence electrons. The first-order valence-electron chi connectivity index (χ1n) is 7.69. The molecule has 2 aromatic rings. The Morgan fingerprint density at radius 3 is 2.36 bits per heavy atom. The van der Waals surface area contributed by atoms with E-state index in [0.717, 1.165) is 37.1 Å². The normalized spacial score (nSPS) is 17.9. The number of rotatable bonds is 2. The second-order valence-electron chi connectivity index (χ2n) is 6.23. The van der Waals surface area contributed by atoms with Gasteiger partial charge in [-0.25, -0.2) is 0 Å². The van der Waals surface area contributed by atoms with Gasteiger partial charge in [-0.05, 0) is 61.8 Å². The highest BCUT2D eigenvalue weighted by Gasteiger charge is 2.31. The number of piperidine rings is 1. The zero-order valence-corrected chi connectivity index (χ0v) is 12.9. The van der Waals surface area contributed by atoms with E-state index in [1.165, 1.54) is 5.56 Å². The molecule has 1 aliphatic rings. The van der Waals surface area contributed by atoms with E-state index in [2.05, 4.69) is 42.3 Å². The summed E-state index contributed by atoms with van der Waals surface area (Å²) in [6.45, 7) is 2.09. The zero-order valence-electron chi connectivity index (χ0n) is 12.9. The van der Waals surface area contributed by atoms with Gasteiger partial charge in [0.15, 0.2) is 0 Å². The number of nitrogens with zero attached hydrogens (tertiary/aromatic N) is 2. The lowest BCUT2D eigenvalue weighted by Gasteiger charge is -2.38. The first-order chi connectivity index (χ1) is 10.6. The van der Waals surface area contributed by atoms with E-state index in [9.17, 15) is 0 Å². The zero-order chi connectivity index (χ0) is 15.6. The monoisotopic (exact) mass is 291 g/mol. The Kier molecular flexibility index (Phi) is 3.98. The third kappa shape index (κ3) is 2.89. The number of nitriles is 1. The molecule has 2 aromatic carbocycles. The summed E-state index contributed by atoms with van der Waals surface area (Å²) in [5.74, 6) is 0. The quantitative estimate of drug-likeness (QED) is 0.925. The molecule has 0 aromatic heterocycles. The van der Waals surface area contributed by atoms with Crippen LogP contribution in [0.5, 0.6) is 0 Å². The van der Waals surface area contributed by atoms with E-state index < -0.39 is 0 Å². The molecule has 1 saturated heterocycles. The summed E-state index contributed by atoms with van der Waals surface area (Å²) in [6.07, 6.45) is 1.99. The Morgan fingerprint density at radius 1 is 1.05 bits per heavy atom. The number of benzene rings is 2. The maximum atomic E-state index is 9.01. The number of nitrogens with two attached hydrogens (primary N) is 1. The van der Waals surface area contributed by atoms with Crippen LogP contribution in [-0.2, 0) is 5.54 Å². The molecule has 3 nitrogen and oxygen atoms in total. The van der Waals surface area contributed by atoms with E-state index >= 15 is 0 Å². The van der Waals surface area contributed by atoms with Gasteiger partial charge in [-0.15, -0.1) is 0 Å². The molecule has 0 aliphatic carbocycles. The molecule has 22 heavy (non-hydrogen) atoms. The highest BCUT2D eigenvalue weighted by Crippen LogP contribution is 2.31. The fraction of sp³-hybridized carbons (Fsp3) is 0.316. The molecule has 1 aliphatic heterocycles. The molecule has 0 amide bonds. The van der Waals surface area contributed by atoms with Crippen molar-refractivity contribution in [2.24, 2.45) is 5.73 Å². The van der Waals surface area contributed by atoms with Gasteiger partial charge in [-0.3, -0.25) is 0 Å². The molecule has 1 fully saturated rings. The van der Waals surface area contributed by atoms with Crippen LogP contribution in [0, 0.1) is 11.3 Å². The first kappa shape index (κ1) is 14.8. The van der Waals surface area contributed by atoms with Crippen LogP contribution in [0.25, 0.3) is 11.1 Å². The van der Waals surface area contributed by atoms with Gasteiger partial charge in [-0.1, -0.05) is 36.4 Å². The van der Waals surface area contributed by atoms with Gasteiger partial charge in [0.1, 0.15) is 0 Å². The van der Waals surface area contributed by atoms with Crippen molar-refractivity contribution < 1.29 is 0 Å². The molecule has 0 bridgehead atoms. The van der Waals surface area contributed by atoms with Crippen LogP contribution >= 0.6 is 0 Å². The van der Waals surface area contributed by atoms with Gasteiger partial charge in [0.25, 0.3) is 0 Å². The second-order valence-corrected chi connectivity index (χ2v) is 6.23. The van der Waals surface area contributed by atoms with Gasteiger partial charge < -0.3 is 10.6 Å². The van der Waals surface area contributed by atoms with Crippen LogP contribution in [0.1, 0.15) is 24.0 Å². The molecule has 0 unspecified atom stereocenters. The summed E-state index contributed by atoms with van der Waals surface area (Å²) in [5.41, 5.74) is 10.5. The van der Waals surface area contributed by atoms with Crippen molar-refractivity contribution in [2.75, 3.05) is 20.1 Å². The molecule has 0 saturated carbocycles. The minimum absolute atomic E-state index is 0.209. The Balaban J connectivity index is 1.85. The third-order valence-electron chi connectivity index (χ3n) is 4.66. The van der Waals surface area contributed by atoms with Gasteiger partial charge in [0.05, 0.1) is 11.6 Å². The van der Waals surface area contributed by atoms with Crippen molar-refractivity contribution in [3.63, 3.8) is 0 Å². The smallest absolute Gasteiger partial charge is 0.0991 e. The predicted octanol–water partition coefficient (Wildman–Crippen LogP) is 3.10. The number of likely N-dealkylation sites (tertiary alicyclic amines) is 1. The summed E-state index contributed by atoms with van der Waals surface area (Å²) in [4.78, 5) is 2.33. The lowest BCUT2D eigenvalue weighted by molar-refractivity contribution is 0.191. The van der Waals surface area contributed by atoms with Crippen molar-refractivity contribution in [3.05, 3.63) is 59.7 Å². The van der Waals surface area contributed by atoms with E-state index in [4.69, 9.17) is 11.0 Å².